The highest BCUT2D eigenvalue weighted by atomic mass is 35.5. The Morgan fingerprint density at radius 1 is 0.857 bits per heavy atom. The van der Waals surface area contributed by atoms with Crippen LogP contribution in [-0.4, -0.2) is 22.5 Å². The third-order valence-corrected chi connectivity index (χ3v) is 5.37. The van der Waals surface area contributed by atoms with Gasteiger partial charge in [0, 0.05) is 16.1 Å². The van der Waals surface area contributed by atoms with E-state index in [-0.39, 0.29) is 0 Å². The van der Waals surface area contributed by atoms with Gasteiger partial charge in [-0.2, -0.15) is 0 Å². The van der Waals surface area contributed by atoms with Crippen LogP contribution in [0.25, 0.3) is 22.3 Å². The van der Waals surface area contributed by atoms with E-state index in [2.05, 4.69) is 5.32 Å². The van der Waals surface area contributed by atoms with Gasteiger partial charge in [0.1, 0.15) is 5.54 Å². The number of hydrogen-bond donors (Lipinski definition) is 2. The average Bonchev–Trinajstić information content (AvgIpc) is 3.50. The Morgan fingerprint density at radius 3 is 2.07 bits per heavy atom. The number of carboxylic acid groups (broad SMARTS) is 1. The van der Waals surface area contributed by atoms with Gasteiger partial charge < -0.3 is 10.4 Å². The lowest BCUT2D eigenvalue weighted by Gasteiger charge is -2.14. The van der Waals surface area contributed by atoms with Gasteiger partial charge in [0.05, 0.1) is 0 Å². The number of benzene rings is 3. The largest absolute Gasteiger partial charge is 0.480 e. The van der Waals surface area contributed by atoms with Crippen LogP contribution in [0.15, 0.2) is 72.8 Å². The van der Waals surface area contributed by atoms with E-state index in [9.17, 15) is 14.7 Å². The van der Waals surface area contributed by atoms with E-state index >= 15 is 0 Å². The quantitative estimate of drug-likeness (QED) is 0.641. The zero-order valence-corrected chi connectivity index (χ0v) is 15.7. The number of hydrogen-bond acceptors (Lipinski definition) is 2. The molecule has 1 aliphatic rings. The fourth-order valence-corrected chi connectivity index (χ4v) is 3.39. The van der Waals surface area contributed by atoms with Crippen LogP contribution in [0.5, 0.6) is 0 Å². The monoisotopic (exact) mass is 391 g/mol. The summed E-state index contributed by atoms with van der Waals surface area (Å²) in [5.74, 6) is -1.40. The molecule has 0 unspecified atom stereocenters. The van der Waals surface area contributed by atoms with E-state index in [1.807, 2.05) is 54.6 Å². The third-order valence-electron chi connectivity index (χ3n) is 5.04. The number of aliphatic carboxylic acids is 1. The number of halogens is 1. The first-order valence-electron chi connectivity index (χ1n) is 9.00. The topological polar surface area (TPSA) is 66.4 Å². The molecule has 1 aliphatic carbocycles. The fraction of sp³-hybridized carbons (Fsp3) is 0.130. The molecule has 0 atom stereocenters. The van der Waals surface area contributed by atoms with Crippen molar-refractivity contribution in [2.75, 3.05) is 0 Å². The van der Waals surface area contributed by atoms with E-state index in [0.29, 0.717) is 23.4 Å². The predicted octanol–water partition coefficient (Wildman–Crippen LogP) is 5.02. The molecule has 0 bridgehead atoms. The second kappa shape index (κ2) is 7.13. The molecular formula is C23H18ClNO3. The molecule has 1 fully saturated rings. The first kappa shape index (κ1) is 18.3. The van der Waals surface area contributed by atoms with Crippen LogP contribution in [-0.2, 0) is 4.79 Å². The normalized spacial score (nSPS) is 14.3. The lowest BCUT2D eigenvalue weighted by Crippen LogP contribution is -2.43. The maximum atomic E-state index is 12.5. The lowest BCUT2D eigenvalue weighted by molar-refractivity contribution is -0.140. The zero-order valence-electron chi connectivity index (χ0n) is 15.0. The summed E-state index contributed by atoms with van der Waals surface area (Å²) >= 11 is 6.36. The van der Waals surface area contributed by atoms with Crippen LogP contribution in [0.3, 0.4) is 0 Å². The summed E-state index contributed by atoms with van der Waals surface area (Å²) in [5, 5.41) is 12.4. The highest BCUT2D eigenvalue weighted by Crippen LogP contribution is 2.36. The minimum Gasteiger partial charge on any atom is -0.480 e. The highest BCUT2D eigenvalue weighted by Gasteiger charge is 2.51. The van der Waals surface area contributed by atoms with Crippen molar-refractivity contribution in [3.05, 3.63) is 83.4 Å². The minimum absolute atomic E-state index is 0.388. The summed E-state index contributed by atoms with van der Waals surface area (Å²) in [6.07, 6.45) is 0.908. The first-order valence-corrected chi connectivity index (χ1v) is 9.38. The molecule has 4 rings (SSSR count). The standard InChI is InChI=1S/C23H18ClNO3/c24-20-11-10-18(21(26)25-23(12-13-23)22(27)28)14-19(20)17-8-6-16(7-9-17)15-4-2-1-3-5-15/h1-11,14H,12-13H2,(H,25,26)(H,27,28). The van der Waals surface area contributed by atoms with E-state index in [4.69, 9.17) is 11.6 Å². The molecule has 0 aromatic heterocycles. The molecular weight excluding hydrogens is 374 g/mol. The number of amides is 1. The number of nitrogens with one attached hydrogen (secondary N) is 1. The smallest absolute Gasteiger partial charge is 0.329 e. The summed E-state index contributed by atoms with van der Waals surface area (Å²) in [6.45, 7) is 0. The van der Waals surface area contributed by atoms with Gasteiger partial charge in [-0.05, 0) is 47.7 Å². The van der Waals surface area contributed by atoms with Crippen molar-refractivity contribution in [2.45, 2.75) is 18.4 Å². The number of carbonyl (C=O) groups is 2. The fourth-order valence-electron chi connectivity index (χ4n) is 3.17. The Kier molecular flexibility index (Phi) is 4.65. The zero-order chi connectivity index (χ0) is 19.7. The maximum absolute atomic E-state index is 12.5. The van der Waals surface area contributed by atoms with Gasteiger partial charge in [0.2, 0.25) is 0 Å². The van der Waals surface area contributed by atoms with Gasteiger partial charge in [0.25, 0.3) is 5.91 Å². The number of carboxylic acids is 1. The molecule has 0 spiro atoms. The van der Waals surface area contributed by atoms with Gasteiger partial charge in [0.15, 0.2) is 0 Å². The van der Waals surface area contributed by atoms with Gasteiger partial charge in [-0.25, -0.2) is 4.79 Å². The van der Waals surface area contributed by atoms with Crippen LogP contribution < -0.4 is 5.32 Å². The second-order valence-corrected chi connectivity index (χ2v) is 7.39. The summed E-state index contributed by atoms with van der Waals surface area (Å²) in [5.41, 5.74) is 3.10. The minimum atomic E-state index is -1.12. The van der Waals surface area contributed by atoms with Crippen molar-refractivity contribution in [3.63, 3.8) is 0 Å². The van der Waals surface area contributed by atoms with Crippen LogP contribution in [0.1, 0.15) is 23.2 Å². The molecule has 3 aromatic rings. The Morgan fingerprint density at radius 2 is 1.46 bits per heavy atom. The molecule has 0 heterocycles. The van der Waals surface area contributed by atoms with E-state index in [1.165, 1.54) is 0 Å². The first-order chi connectivity index (χ1) is 13.5. The molecule has 2 N–H and O–H groups in total. The molecule has 0 radical (unpaired) electrons. The summed E-state index contributed by atoms with van der Waals surface area (Å²) in [7, 11) is 0. The van der Waals surface area contributed by atoms with Gasteiger partial charge in [-0.1, -0.05) is 66.2 Å². The second-order valence-electron chi connectivity index (χ2n) is 6.98. The third kappa shape index (κ3) is 3.51. The highest BCUT2D eigenvalue weighted by molar-refractivity contribution is 6.33. The van der Waals surface area contributed by atoms with Crippen molar-refractivity contribution < 1.29 is 14.7 Å². The van der Waals surface area contributed by atoms with Gasteiger partial charge >= 0.3 is 5.97 Å². The molecule has 28 heavy (non-hydrogen) atoms. The number of carbonyl (C=O) groups excluding carboxylic acids is 1. The molecule has 1 amide bonds. The van der Waals surface area contributed by atoms with E-state index in [1.54, 1.807) is 18.2 Å². The Bertz CT molecular complexity index is 1040. The van der Waals surface area contributed by atoms with Gasteiger partial charge in [-0.15, -0.1) is 0 Å². The average molecular weight is 392 g/mol. The molecule has 0 aliphatic heterocycles. The van der Waals surface area contributed by atoms with Crippen LogP contribution in [0, 0.1) is 0 Å². The Balaban J connectivity index is 1.61. The van der Waals surface area contributed by atoms with Crippen molar-refractivity contribution in [1.29, 1.82) is 0 Å². The number of rotatable bonds is 5. The molecule has 4 nitrogen and oxygen atoms in total. The molecule has 3 aromatic carbocycles. The molecule has 1 saturated carbocycles. The van der Waals surface area contributed by atoms with E-state index in [0.717, 1.165) is 22.3 Å². The summed E-state index contributed by atoms with van der Waals surface area (Å²) in [4.78, 5) is 23.8. The van der Waals surface area contributed by atoms with Crippen molar-refractivity contribution in [3.8, 4) is 22.3 Å². The predicted molar refractivity (Wildman–Crippen MR) is 109 cm³/mol. The lowest BCUT2D eigenvalue weighted by atomic mass is 9.99. The Labute approximate surface area is 167 Å². The van der Waals surface area contributed by atoms with Gasteiger partial charge in [-0.3, -0.25) is 4.79 Å². The van der Waals surface area contributed by atoms with Crippen LogP contribution in [0.2, 0.25) is 5.02 Å². The molecule has 0 saturated heterocycles. The van der Waals surface area contributed by atoms with Crippen LogP contribution >= 0.6 is 11.6 Å². The summed E-state index contributed by atoms with van der Waals surface area (Å²) < 4.78 is 0. The van der Waals surface area contributed by atoms with E-state index < -0.39 is 17.4 Å². The SMILES string of the molecule is O=C(NC1(C(=O)O)CC1)c1ccc(Cl)c(-c2ccc(-c3ccccc3)cc2)c1. The molecule has 140 valence electrons. The van der Waals surface area contributed by atoms with Crippen LogP contribution in [0.4, 0.5) is 0 Å². The Hall–Kier alpha value is -3.11. The molecule has 5 heteroatoms. The van der Waals surface area contributed by atoms with Crippen molar-refractivity contribution in [2.24, 2.45) is 0 Å². The summed E-state index contributed by atoms with van der Waals surface area (Å²) in [6, 6.07) is 23.0. The van der Waals surface area contributed by atoms with Crippen molar-refractivity contribution >= 4 is 23.5 Å². The van der Waals surface area contributed by atoms with Crippen molar-refractivity contribution in [1.82, 2.24) is 5.32 Å². The maximum Gasteiger partial charge on any atom is 0.329 e.